The maximum atomic E-state index is 11.1. The first-order valence-electron chi connectivity index (χ1n) is 5.57. The largest absolute Gasteiger partial charge is 0.481 e. The molecular weight excluding hydrogens is 230 g/mol. The van der Waals surface area contributed by atoms with E-state index in [1.54, 1.807) is 6.07 Å². The van der Waals surface area contributed by atoms with Crippen LogP contribution >= 0.6 is 0 Å². The van der Waals surface area contributed by atoms with Crippen molar-refractivity contribution in [3.63, 3.8) is 0 Å². The molecule has 0 bridgehead atoms. The third-order valence-corrected chi connectivity index (χ3v) is 2.83. The minimum atomic E-state index is -0.920. The molecule has 0 aliphatic rings. The molecule has 4 heteroatoms. The summed E-state index contributed by atoms with van der Waals surface area (Å²) in [7, 11) is 0. The van der Waals surface area contributed by atoms with Gasteiger partial charge in [0.05, 0.1) is 12.8 Å². The van der Waals surface area contributed by atoms with Crippen LogP contribution in [0.25, 0.3) is 10.8 Å². The van der Waals surface area contributed by atoms with E-state index in [2.05, 4.69) is 0 Å². The van der Waals surface area contributed by atoms with Gasteiger partial charge in [-0.2, -0.15) is 0 Å². The summed E-state index contributed by atoms with van der Waals surface area (Å²) in [4.78, 5) is 22.0. The Bertz CT molecular complexity index is 619. The Hall–Kier alpha value is -2.36. The Morgan fingerprint density at radius 1 is 1.06 bits per heavy atom. The van der Waals surface area contributed by atoms with Gasteiger partial charge in [0.15, 0.2) is 0 Å². The Morgan fingerprint density at radius 2 is 1.78 bits per heavy atom. The zero-order chi connectivity index (χ0) is 13.1. The molecule has 1 amide bonds. The number of benzene rings is 2. The van der Waals surface area contributed by atoms with Gasteiger partial charge < -0.3 is 10.8 Å². The second-order valence-corrected chi connectivity index (χ2v) is 4.14. The van der Waals surface area contributed by atoms with Crippen LogP contribution in [0.2, 0.25) is 0 Å². The van der Waals surface area contributed by atoms with Crippen LogP contribution in [0.1, 0.15) is 11.1 Å². The predicted molar refractivity (Wildman–Crippen MR) is 68.2 cm³/mol. The van der Waals surface area contributed by atoms with Crippen molar-refractivity contribution in [3.05, 3.63) is 47.5 Å². The van der Waals surface area contributed by atoms with Crippen LogP contribution in [0.4, 0.5) is 0 Å². The van der Waals surface area contributed by atoms with Crippen LogP contribution in [0.3, 0.4) is 0 Å². The van der Waals surface area contributed by atoms with E-state index >= 15 is 0 Å². The van der Waals surface area contributed by atoms with Crippen LogP contribution in [-0.4, -0.2) is 17.0 Å². The normalized spacial score (nSPS) is 10.4. The molecule has 0 aliphatic heterocycles. The van der Waals surface area contributed by atoms with Crippen LogP contribution in [-0.2, 0) is 22.4 Å². The first-order valence-corrected chi connectivity index (χ1v) is 5.57. The highest BCUT2D eigenvalue weighted by molar-refractivity contribution is 5.91. The number of fused-ring (bicyclic) bond motifs is 1. The molecule has 2 aromatic rings. The van der Waals surface area contributed by atoms with Crippen LogP contribution in [0.5, 0.6) is 0 Å². The molecule has 0 aromatic heterocycles. The zero-order valence-corrected chi connectivity index (χ0v) is 9.72. The molecule has 3 N–H and O–H groups in total. The molecular formula is C14H13NO3. The fraction of sp³-hybridized carbons (Fsp3) is 0.143. The van der Waals surface area contributed by atoms with Crippen molar-refractivity contribution in [1.29, 1.82) is 0 Å². The summed E-state index contributed by atoms with van der Waals surface area (Å²) in [6, 6.07) is 11.2. The molecule has 0 saturated carbocycles. The lowest BCUT2D eigenvalue weighted by molar-refractivity contribution is -0.136. The molecule has 92 valence electrons. The number of carbonyl (C=O) groups excluding carboxylic acids is 1. The summed E-state index contributed by atoms with van der Waals surface area (Å²) in [6.07, 6.45) is -0.0442. The second kappa shape index (κ2) is 4.87. The van der Waals surface area contributed by atoms with Crippen molar-refractivity contribution >= 4 is 22.6 Å². The van der Waals surface area contributed by atoms with E-state index in [0.29, 0.717) is 11.1 Å². The van der Waals surface area contributed by atoms with Gasteiger partial charge in [-0.3, -0.25) is 9.59 Å². The highest BCUT2D eigenvalue weighted by atomic mass is 16.4. The lowest BCUT2D eigenvalue weighted by Crippen LogP contribution is -2.16. The quantitative estimate of drug-likeness (QED) is 0.853. The van der Waals surface area contributed by atoms with E-state index in [9.17, 15) is 9.59 Å². The average molecular weight is 243 g/mol. The minimum absolute atomic E-state index is 0.0595. The molecule has 2 rings (SSSR count). The average Bonchev–Trinajstić information content (AvgIpc) is 2.31. The number of hydrogen-bond donors (Lipinski definition) is 2. The lowest BCUT2D eigenvalue weighted by Gasteiger charge is -2.10. The minimum Gasteiger partial charge on any atom is -0.481 e. The standard InChI is InChI=1S/C14H13NO3/c15-13(16)8-12-10(7-14(17)18)6-5-9-3-1-2-4-11(9)12/h1-6H,7-8H2,(H2,15,16)(H,17,18). The SMILES string of the molecule is NC(=O)Cc1c(CC(=O)O)ccc2ccccc12. The second-order valence-electron chi connectivity index (χ2n) is 4.14. The first-order chi connectivity index (χ1) is 8.58. The molecule has 18 heavy (non-hydrogen) atoms. The number of aliphatic carboxylic acids is 1. The summed E-state index contributed by atoms with van der Waals surface area (Å²) in [5.74, 6) is -1.38. The van der Waals surface area contributed by atoms with Gasteiger partial charge in [-0.15, -0.1) is 0 Å². The Morgan fingerprint density at radius 3 is 2.44 bits per heavy atom. The third kappa shape index (κ3) is 2.48. The van der Waals surface area contributed by atoms with Crippen molar-refractivity contribution in [2.75, 3.05) is 0 Å². The number of nitrogens with two attached hydrogens (primary N) is 1. The Kier molecular flexibility index (Phi) is 3.28. The molecule has 2 aromatic carbocycles. The van der Waals surface area contributed by atoms with Gasteiger partial charge in [0.1, 0.15) is 0 Å². The third-order valence-electron chi connectivity index (χ3n) is 2.83. The first kappa shape index (κ1) is 12.1. The molecule has 0 atom stereocenters. The number of carboxylic acids is 1. The van der Waals surface area contributed by atoms with Crippen molar-refractivity contribution in [3.8, 4) is 0 Å². The van der Waals surface area contributed by atoms with E-state index in [1.807, 2.05) is 30.3 Å². The fourth-order valence-electron chi connectivity index (χ4n) is 2.09. The zero-order valence-electron chi connectivity index (χ0n) is 9.72. The molecule has 0 aliphatic carbocycles. The summed E-state index contributed by atoms with van der Waals surface area (Å²) < 4.78 is 0. The summed E-state index contributed by atoms with van der Waals surface area (Å²) in [5, 5.41) is 10.7. The van der Waals surface area contributed by atoms with Gasteiger partial charge in [-0.25, -0.2) is 0 Å². The smallest absolute Gasteiger partial charge is 0.307 e. The van der Waals surface area contributed by atoms with Gasteiger partial charge in [0.25, 0.3) is 0 Å². The number of carboxylic acid groups (broad SMARTS) is 1. The number of carbonyl (C=O) groups is 2. The molecule has 0 unspecified atom stereocenters. The maximum absolute atomic E-state index is 11.1. The van der Waals surface area contributed by atoms with Gasteiger partial charge in [0, 0.05) is 0 Å². The lowest BCUT2D eigenvalue weighted by atomic mass is 9.95. The van der Waals surface area contributed by atoms with E-state index in [4.69, 9.17) is 10.8 Å². The van der Waals surface area contributed by atoms with Crippen molar-refractivity contribution < 1.29 is 14.7 Å². The van der Waals surface area contributed by atoms with Crippen molar-refractivity contribution in [2.24, 2.45) is 5.73 Å². The fourth-order valence-corrected chi connectivity index (χ4v) is 2.09. The summed E-state index contributed by atoms with van der Waals surface area (Å²) in [6.45, 7) is 0. The Balaban J connectivity index is 2.62. The molecule has 0 fully saturated rings. The Labute approximate surface area is 104 Å². The highest BCUT2D eigenvalue weighted by Gasteiger charge is 2.12. The summed E-state index contributed by atoms with van der Waals surface area (Å²) in [5.41, 5.74) is 6.58. The molecule has 0 saturated heterocycles. The van der Waals surface area contributed by atoms with Gasteiger partial charge in [-0.05, 0) is 21.9 Å². The number of hydrogen-bond acceptors (Lipinski definition) is 2. The van der Waals surface area contributed by atoms with E-state index in [0.717, 1.165) is 10.8 Å². The van der Waals surface area contributed by atoms with Crippen LogP contribution < -0.4 is 5.73 Å². The maximum Gasteiger partial charge on any atom is 0.307 e. The highest BCUT2D eigenvalue weighted by Crippen LogP contribution is 2.23. The van der Waals surface area contributed by atoms with Crippen molar-refractivity contribution in [1.82, 2.24) is 0 Å². The number of rotatable bonds is 4. The van der Waals surface area contributed by atoms with Crippen LogP contribution in [0.15, 0.2) is 36.4 Å². The summed E-state index contributed by atoms with van der Waals surface area (Å²) >= 11 is 0. The van der Waals surface area contributed by atoms with E-state index < -0.39 is 11.9 Å². The molecule has 0 radical (unpaired) electrons. The monoisotopic (exact) mass is 243 g/mol. The number of primary amides is 1. The van der Waals surface area contributed by atoms with Gasteiger partial charge in [-0.1, -0.05) is 36.4 Å². The van der Waals surface area contributed by atoms with E-state index in [1.165, 1.54) is 0 Å². The molecule has 0 spiro atoms. The van der Waals surface area contributed by atoms with E-state index in [-0.39, 0.29) is 12.8 Å². The topological polar surface area (TPSA) is 80.4 Å². The molecule has 0 heterocycles. The molecule has 4 nitrogen and oxygen atoms in total. The predicted octanol–water partition coefficient (Wildman–Crippen LogP) is 1.49. The van der Waals surface area contributed by atoms with Gasteiger partial charge in [0.2, 0.25) is 5.91 Å². The van der Waals surface area contributed by atoms with Gasteiger partial charge >= 0.3 is 5.97 Å². The number of amides is 1. The van der Waals surface area contributed by atoms with Crippen molar-refractivity contribution in [2.45, 2.75) is 12.8 Å². The van der Waals surface area contributed by atoms with Crippen LogP contribution in [0, 0.1) is 0 Å².